The Morgan fingerprint density at radius 3 is 2.48 bits per heavy atom. The summed E-state index contributed by atoms with van der Waals surface area (Å²) in [6.07, 6.45) is 1.60. The molecule has 0 aliphatic rings. The Bertz CT molecular complexity index is 606. The van der Waals surface area contributed by atoms with E-state index in [1.807, 2.05) is 32.0 Å². The van der Waals surface area contributed by atoms with E-state index in [0.717, 1.165) is 11.4 Å². The highest BCUT2D eigenvalue weighted by Gasteiger charge is 1.98. The zero-order valence-electron chi connectivity index (χ0n) is 11.9. The maximum Gasteiger partial charge on any atom is 0.193 e. The zero-order valence-corrected chi connectivity index (χ0v) is 15.0. The normalized spacial score (nSPS) is 10.9. The second-order valence-electron chi connectivity index (χ2n) is 4.67. The quantitative estimate of drug-likeness (QED) is 0.453. The Kier molecular flexibility index (Phi) is 6.91. The average molecular weight is 417 g/mol. The predicted molar refractivity (Wildman–Crippen MR) is 99.5 cm³/mol. The molecule has 0 aliphatic carbocycles. The molecule has 3 N–H and O–H groups in total. The number of aryl methyl sites for hydroxylation is 2. The van der Waals surface area contributed by atoms with Crippen molar-refractivity contribution in [2.45, 2.75) is 20.4 Å². The first-order chi connectivity index (χ1) is 9.52. The third kappa shape index (κ3) is 5.89. The van der Waals surface area contributed by atoms with Gasteiger partial charge < -0.3 is 11.1 Å². The minimum Gasteiger partial charge on any atom is -0.370 e. The smallest absolute Gasteiger partial charge is 0.193 e. The first kappa shape index (κ1) is 17.7. The molecule has 4 nitrogen and oxygen atoms in total. The van der Waals surface area contributed by atoms with Gasteiger partial charge >= 0.3 is 0 Å². The molecule has 0 spiro atoms. The van der Waals surface area contributed by atoms with Crippen LogP contribution in [0.3, 0.4) is 0 Å². The van der Waals surface area contributed by atoms with Crippen LogP contribution in [0, 0.1) is 13.8 Å². The molecule has 0 radical (unpaired) electrons. The first-order valence-corrected chi connectivity index (χ1v) is 6.66. The van der Waals surface area contributed by atoms with E-state index in [2.05, 4.69) is 21.4 Å². The SMILES string of the molecule is Cc1cc(C)cc(NC(N)=NCc2ccc(Cl)cn2)c1.I. The van der Waals surface area contributed by atoms with Crippen molar-refractivity contribution in [3.8, 4) is 0 Å². The van der Waals surface area contributed by atoms with Crippen molar-refractivity contribution in [2.75, 3.05) is 5.32 Å². The van der Waals surface area contributed by atoms with Crippen LogP contribution in [0.5, 0.6) is 0 Å². The molecule has 0 unspecified atom stereocenters. The second kappa shape index (κ2) is 8.19. The van der Waals surface area contributed by atoms with Gasteiger partial charge in [-0.25, -0.2) is 4.99 Å². The van der Waals surface area contributed by atoms with E-state index in [-0.39, 0.29) is 24.0 Å². The van der Waals surface area contributed by atoms with Crippen LogP contribution < -0.4 is 11.1 Å². The summed E-state index contributed by atoms with van der Waals surface area (Å²) in [7, 11) is 0. The van der Waals surface area contributed by atoms with Gasteiger partial charge in [0.25, 0.3) is 0 Å². The highest BCUT2D eigenvalue weighted by molar-refractivity contribution is 14.0. The Balaban J connectivity index is 0.00000220. The van der Waals surface area contributed by atoms with Crippen LogP contribution in [0.1, 0.15) is 16.8 Å². The van der Waals surface area contributed by atoms with Gasteiger partial charge in [-0.15, -0.1) is 24.0 Å². The van der Waals surface area contributed by atoms with Gasteiger partial charge in [-0.2, -0.15) is 0 Å². The van der Waals surface area contributed by atoms with E-state index < -0.39 is 0 Å². The third-order valence-electron chi connectivity index (χ3n) is 2.69. The molecular weight excluding hydrogens is 399 g/mol. The number of nitrogens with two attached hydrogens (primary N) is 1. The van der Waals surface area contributed by atoms with Gasteiger partial charge in [0.2, 0.25) is 0 Å². The van der Waals surface area contributed by atoms with Crippen LogP contribution in [0.2, 0.25) is 5.02 Å². The zero-order chi connectivity index (χ0) is 14.5. The minimum absolute atomic E-state index is 0. The number of hydrogen-bond acceptors (Lipinski definition) is 2. The molecule has 2 aromatic rings. The number of nitrogens with one attached hydrogen (secondary N) is 1. The van der Waals surface area contributed by atoms with E-state index in [4.69, 9.17) is 17.3 Å². The fourth-order valence-corrected chi connectivity index (χ4v) is 2.01. The molecule has 2 rings (SSSR count). The molecule has 0 atom stereocenters. The summed E-state index contributed by atoms with van der Waals surface area (Å²) in [5, 5.41) is 3.69. The van der Waals surface area contributed by atoms with E-state index >= 15 is 0 Å². The van der Waals surface area contributed by atoms with Crippen LogP contribution >= 0.6 is 35.6 Å². The van der Waals surface area contributed by atoms with Gasteiger partial charge in [0.15, 0.2) is 5.96 Å². The second-order valence-corrected chi connectivity index (χ2v) is 5.11. The molecule has 1 heterocycles. The van der Waals surface area contributed by atoms with Crippen LogP contribution in [0.4, 0.5) is 5.69 Å². The highest BCUT2D eigenvalue weighted by Crippen LogP contribution is 2.13. The van der Waals surface area contributed by atoms with Crippen molar-refractivity contribution in [3.05, 3.63) is 58.4 Å². The molecule has 0 bridgehead atoms. The summed E-state index contributed by atoms with van der Waals surface area (Å²) in [6.45, 7) is 4.51. The number of aromatic nitrogens is 1. The van der Waals surface area contributed by atoms with Gasteiger partial charge in [0.05, 0.1) is 17.3 Å². The number of benzene rings is 1. The van der Waals surface area contributed by atoms with Gasteiger partial charge in [0.1, 0.15) is 0 Å². The van der Waals surface area contributed by atoms with Crippen molar-refractivity contribution in [1.29, 1.82) is 0 Å². The van der Waals surface area contributed by atoms with Crippen LogP contribution in [0.15, 0.2) is 41.5 Å². The lowest BCUT2D eigenvalue weighted by atomic mass is 10.1. The van der Waals surface area contributed by atoms with E-state index in [1.54, 1.807) is 12.3 Å². The molecule has 1 aromatic heterocycles. The van der Waals surface area contributed by atoms with E-state index in [1.165, 1.54) is 11.1 Å². The topological polar surface area (TPSA) is 63.3 Å². The summed E-state index contributed by atoms with van der Waals surface area (Å²) in [5.74, 6) is 0.367. The number of pyridine rings is 1. The summed E-state index contributed by atoms with van der Waals surface area (Å²) in [5.41, 5.74) is 9.99. The lowest BCUT2D eigenvalue weighted by molar-refractivity contribution is 0.985. The first-order valence-electron chi connectivity index (χ1n) is 6.28. The fourth-order valence-electron chi connectivity index (χ4n) is 1.90. The highest BCUT2D eigenvalue weighted by atomic mass is 127. The molecule has 21 heavy (non-hydrogen) atoms. The molecule has 112 valence electrons. The molecule has 0 saturated carbocycles. The molecule has 0 amide bonds. The molecule has 1 aromatic carbocycles. The van der Waals surface area contributed by atoms with Crippen LogP contribution in [-0.4, -0.2) is 10.9 Å². The Hall–Kier alpha value is -1.34. The number of halogens is 2. The summed E-state index contributed by atoms with van der Waals surface area (Å²) in [4.78, 5) is 8.42. The van der Waals surface area contributed by atoms with Crippen molar-refractivity contribution < 1.29 is 0 Å². The van der Waals surface area contributed by atoms with Crippen molar-refractivity contribution in [2.24, 2.45) is 10.7 Å². The number of rotatable bonds is 3. The van der Waals surface area contributed by atoms with Gasteiger partial charge in [0, 0.05) is 11.9 Å². The number of hydrogen-bond donors (Lipinski definition) is 2. The predicted octanol–water partition coefficient (Wildman–Crippen LogP) is 3.90. The van der Waals surface area contributed by atoms with Gasteiger partial charge in [-0.3, -0.25) is 4.98 Å². The summed E-state index contributed by atoms with van der Waals surface area (Å²) in [6, 6.07) is 9.77. The Morgan fingerprint density at radius 2 is 1.90 bits per heavy atom. The monoisotopic (exact) mass is 416 g/mol. The molecule has 0 saturated heterocycles. The van der Waals surface area contributed by atoms with E-state index in [0.29, 0.717) is 17.5 Å². The van der Waals surface area contributed by atoms with Crippen LogP contribution in [0.25, 0.3) is 0 Å². The number of aliphatic imine (C=N–C) groups is 1. The summed E-state index contributed by atoms with van der Waals surface area (Å²) >= 11 is 5.78. The van der Waals surface area contributed by atoms with E-state index in [9.17, 15) is 0 Å². The van der Waals surface area contributed by atoms with Crippen molar-refractivity contribution >= 4 is 47.2 Å². The lowest BCUT2D eigenvalue weighted by Gasteiger charge is -2.08. The minimum atomic E-state index is 0. The maximum absolute atomic E-state index is 5.87. The lowest BCUT2D eigenvalue weighted by Crippen LogP contribution is -2.22. The summed E-state index contributed by atoms with van der Waals surface area (Å²) < 4.78 is 0. The van der Waals surface area contributed by atoms with Gasteiger partial charge in [-0.1, -0.05) is 17.7 Å². The van der Waals surface area contributed by atoms with Crippen molar-refractivity contribution in [3.63, 3.8) is 0 Å². The number of nitrogens with zero attached hydrogens (tertiary/aromatic N) is 2. The maximum atomic E-state index is 5.87. The largest absolute Gasteiger partial charge is 0.370 e. The van der Waals surface area contributed by atoms with Crippen molar-refractivity contribution in [1.82, 2.24) is 4.98 Å². The number of anilines is 1. The molecule has 6 heteroatoms. The van der Waals surface area contributed by atoms with Gasteiger partial charge in [-0.05, 0) is 49.2 Å². The Labute approximate surface area is 146 Å². The Morgan fingerprint density at radius 1 is 1.24 bits per heavy atom. The number of guanidine groups is 1. The molecule has 0 aliphatic heterocycles. The fraction of sp³-hybridized carbons (Fsp3) is 0.200. The molecular formula is C15H18ClIN4. The van der Waals surface area contributed by atoms with Crippen LogP contribution in [-0.2, 0) is 6.54 Å². The molecule has 0 fully saturated rings. The third-order valence-corrected chi connectivity index (χ3v) is 2.92. The standard InChI is InChI=1S/C15H17ClN4.HI/c1-10-5-11(2)7-14(6-10)20-15(17)19-9-13-4-3-12(16)8-18-13;/h3-8H,9H2,1-2H3,(H3,17,19,20);1H. The average Bonchev–Trinajstić information content (AvgIpc) is 2.37.